The average Bonchev–Trinajstić information content (AvgIpc) is 2.95. The summed E-state index contributed by atoms with van der Waals surface area (Å²) in [5.74, 6) is -0.176. The van der Waals surface area contributed by atoms with Crippen LogP contribution in [0.5, 0.6) is 11.5 Å². The third-order valence-electron chi connectivity index (χ3n) is 3.78. The first-order chi connectivity index (χ1) is 12.8. The standard InChI is InChI=1S/C18H12F2N2O4S/c19-18(20)25-16-7-6-12(9-17(16)26-18)13-8-14(11-21-10-13)22-27(23,24)15-4-2-1-3-5-15/h1-11,22H. The summed E-state index contributed by atoms with van der Waals surface area (Å²) in [5.41, 5.74) is 1.27. The molecule has 0 aliphatic carbocycles. The topological polar surface area (TPSA) is 77.5 Å². The number of nitrogens with one attached hydrogen (secondary N) is 1. The number of nitrogens with zero attached hydrogens (tertiary/aromatic N) is 1. The zero-order chi connectivity index (χ0) is 19.1. The van der Waals surface area contributed by atoms with Crippen molar-refractivity contribution in [2.45, 2.75) is 11.2 Å². The van der Waals surface area contributed by atoms with E-state index in [2.05, 4.69) is 19.2 Å². The second kappa shape index (κ2) is 6.20. The van der Waals surface area contributed by atoms with E-state index in [0.717, 1.165) is 0 Å². The second-order valence-corrected chi connectivity index (χ2v) is 7.39. The maximum absolute atomic E-state index is 13.1. The summed E-state index contributed by atoms with van der Waals surface area (Å²) in [6.45, 7) is 0. The third-order valence-corrected chi connectivity index (χ3v) is 5.18. The van der Waals surface area contributed by atoms with Gasteiger partial charge in [0.2, 0.25) is 0 Å². The quantitative estimate of drug-likeness (QED) is 0.732. The highest BCUT2D eigenvalue weighted by molar-refractivity contribution is 7.92. The highest BCUT2D eigenvalue weighted by Crippen LogP contribution is 2.43. The van der Waals surface area contributed by atoms with E-state index in [1.54, 1.807) is 30.3 Å². The lowest BCUT2D eigenvalue weighted by atomic mass is 10.1. The highest BCUT2D eigenvalue weighted by atomic mass is 32.2. The van der Waals surface area contributed by atoms with Gasteiger partial charge in [0.15, 0.2) is 11.5 Å². The number of anilines is 1. The summed E-state index contributed by atoms with van der Waals surface area (Å²) >= 11 is 0. The van der Waals surface area contributed by atoms with Gasteiger partial charge >= 0.3 is 6.29 Å². The number of ether oxygens (including phenoxy) is 2. The smallest absolute Gasteiger partial charge is 0.395 e. The molecule has 9 heteroatoms. The van der Waals surface area contributed by atoms with Crippen molar-refractivity contribution in [2.24, 2.45) is 0 Å². The van der Waals surface area contributed by atoms with Crippen molar-refractivity contribution in [1.82, 2.24) is 4.98 Å². The van der Waals surface area contributed by atoms with E-state index in [1.165, 1.54) is 36.7 Å². The van der Waals surface area contributed by atoms with E-state index >= 15 is 0 Å². The van der Waals surface area contributed by atoms with E-state index in [1.807, 2.05) is 0 Å². The number of sulfonamides is 1. The number of hydrogen-bond acceptors (Lipinski definition) is 5. The molecular formula is C18H12F2N2O4S. The van der Waals surface area contributed by atoms with E-state index in [0.29, 0.717) is 11.1 Å². The highest BCUT2D eigenvalue weighted by Gasteiger charge is 2.43. The lowest BCUT2D eigenvalue weighted by Crippen LogP contribution is -2.25. The van der Waals surface area contributed by atoms with E-state index < -0.39 is 16.3 Å². The monoisotopic (exact) mass is 390 g/mol. The minimum absolute atomic E-state index is 0.0716. The lowest BCUT2D eigenvalue weighted by Gasteiger charge is -2.09. The van der Waals surface area contributed by atoms with Crippen molar-refractivity contribution in [3.05, 3.63) is 67.0 Å². The Hall–Kier alpha value is -3.20. The number of aromatic nitrogens is 1. The van der Waals surface area contributed by atoms with Gasteiger partial charge in [-0.15, -0.1) is 8.78 Å². The van der Waals surface area contributed by atoms with Crippen LogP contribution in [0.15, 0.2) is 71.9 Å². The summed E-state index contributed by atoms with van der Waals surface area (Å²) < 4.78 is 62.4. The number of benzene rings is 2. The molecule has 6 nitrogen and oxygen atoms in total. The van der Waals surface area contributed by atoms with Gasteiger partial charge < -0.3 is 9.47 Å². The number of rotatable bonds is 4. The van der Waals surface area contributed by atoms with Gasteiger partial charge in [0.05, 0.1) is 16.8 Å². The van der Waals surface area contributed by atoms with Crippen LogP contribution in [-0.4, -0.2) is 19.7 Å². The third kappa shape index (κ3) is 3.54. The molecule has 0 radical (unpaired) electrons. The molecule has 1 aromatic heterocycles. The Morgan fingerprint density at radius 2 is 1.63 bits per heavy atom. The lowest BCUT2D eigenvalue weighted by molar-refractivity contribution is -0.286. The molecule has 1 aliphatic heterocycles. The van der Waals surface area contributed by atoms with Crippen molar-refractivity contribution < 1.29 is 26.7 Å². The van der Waals surface area contributed by atoms with Crippen LogP contribution >= 0.6 is 0 Å². The van der Waals surface area contributed by atoms with Gasteiger partial charge in [-0.2, -0.15) is 0 Å². The molecule has 4 rings (SSSR count). The average molecular weight is 390 g/mol. The van der Waals surface area contributed by atoms with Crippen LogP contribution in [0, 0.1) is 0 Å². The van der Waals surface area contributed by atoms with Gasteiger partial charge in [0.1, 0.15) is 0 Å². The zero-order valence-electron chi connectivity index (χ0n) is 13.6. The van der Waals surface area contributed by atoms with Crippen LogP contribution in [0.4, 0.5) is 14.5 Å². The predicted octanol–water partition coefficient (Wildman–Crippen LogP) is 3.87. The minimum Gasteiger partial charge on any atom is -0.395 e. The van der Waals surface area contributed by atoms with Crippen LogP contribution in [-0.2, 0) is 10.0 Å². The molecule has 0 spiro atoms. The van der Waals surface area contributed by atoms with Gasteiger partial charge in [-0.1, -0.05) is 24.3 Å². The number of pyridine rings is 1. The van der Waals surface area contributed by atoms with Crippen molar-refractivity contribution in [3.8, 4) is 22.6 Å². The summed E-state index contributed by atoms with van der Waals surface area (Å²) in [5, 5.41) is 0. The van der Waals surface area contributed by atoms with Crippen molar-refractivity contribution >= 4 is 15.7 Å². The zero-order valence-corrected chi connectivity index (χ0v) is 14.4. The molecule has 1 aliphatic rings. The second-order valence-electron chi connectivity index (χ2n) is 5.71. The van der Waals surface area contributed by atoms with Gasteiger partial charge in [-0.05, 0) is 35.9 Å². The molecule has 1 N–H and O–H groups in total. The Morgan fingerprint density at radius 1 is 0.889 bits per heavy atom. The Kier molecular flexibility index (Phi) is 3.96. The molecule has 2 aromatic carbocycles. The first-order valence-corrected chi connectivity index (χ1v) is 9.24. The largest absolute Gasteiger partial charge is 0.586 e. The Morgan fingerprint density at radius 3 is 2.41 bits per heavy atom. The molecule has 0 amide bonds. The van der Waals surface area contributed by atoms with Crippen LogP contribution in [0.1, 0.15) is 0 Å². The van der Waals surface area contributed by atoms with E-state index in [-0.39, 0.29) is 22.1 Å². The molecule has 138 valence electrons. The number of hydrogen-bond donors (Lipinski definition) is 1. The number of fused-ring (bicyclic) bond motifs is 1. The van der Waals surface area contributed by atoms with E-state index in [9.17, 15) is 17.2 Å². The van der Waals surface area contributed by atoms with Crippen LogP contribution in [0.3, 0.4) is 0 Å². The van der Waals surface area contributed by atoms with Gasteiger partial charge in [0.25, 0.3) is 10.0 Å². The molecule has 0 atom stereocenters. The first kappa shape index (κ1) is 17.2. The summed E-state index contributed by atoms with van der Waals surface area (Å²) in [6.07, 6.45) is -0.868. The molecule has 3 aromatic rings. The number of halogens is 2. The normalized spacial score (nSPS) is 14.7. The fraction of sp³-hybridized carbons (Fsp3) is 0.0556. The van der Waals surface area contributed by atoms with Crippen LogP contribution in [0.25, 0.3) is 11.1 Å². The number of alkyl halides is 2. The minimum atomic E-state index is -3.77. The molecule has 0 saturated carbocycles. The molecule has 0 saturated heterocycles. The van der Waals surface area contributed by atoms with Crippen LogP contribution < -0.4 is 14.2 Å². The van der Waals surface area contributed by atoms with Gasteiger partial charge in [0, 0.05) is 11.8 Å². The Balaban J connectivity index is 1.63. The fourth-order valence-electron chi connectivity index (χ4n) is 2.60. The summed E-state index contributed by atoms with van der Waals surface area (Å²) in [7, 11) is -3.77. The molecular weight excluding hydrogens is 378 g/mol. The van der Waals surface area contributed by atoms with Gasteiger partial charge in [-0.25, -0.2) is 8.42 Å². The first-order valence-electron chi connectivity index (χ1n) is 7.76. The maximum atomic E-state index is 13.1. The van der Waals surface area contributed by atoms with Crippen LogP contribution in [0.2, 0.25) is 0 Å². The summed E-state index contributed by atoms with van der Waals surface area (Å²) in [6, 6.07) is 13.7. The predicted molar refractivity (Wildman–Crippen MR) is 93.1 cm³/mol. The van der Waals surface area contributed by atoms with Crippen molar-refractivity contribution in [2.75, 3.05) is 4.72 Å². The van der Waals surface area contributed by atoms with Crippen molar-refractivity contribution in [1.29, 1.82) is 0 Å². The Labute approximate surface area is 153 Å². The molecule has 27 heavy (non-hydrogen) atoms. The van der Waals surface area contributed by atoms with Gasteiger partial charge in [-0.3, -0.25) is 9.71 Å². The SMILES string of the molecule is O=S(=O)(Nc1cncc(-c2ccc3c(c2)OC(F)(F)O3)c1)c1ccccc1. The molecule has 0 bridgehead atoms. The molecule has 0 unspecified atom stereocenters. The Bertz CT molecular complexity index is 1110. The summed E-state index contributed by atoms with van der Waals surface area (Å²) in [4.78, 5) is 4.13. The maximum Gasteiger partial charge on any atom is 0.586 e. The fourth-order valence-corrected chi connectivity index (χ4v) is 3.65. The molecule has 2 heterocycles. The van der Waals surface area contributed by atoms with Crippen molar-refractivity contribution in [3.63, 3.8) is 0 Å². The molecule has 0 fully saturated rings. The van der Waals surface area contributed by atoms with E-state index in [4.69, 9.17) is 0 Å².